The lowest BCUT2D eigenvalue weighted by atomic mass is 9.81. The molecule has 1 fully saturated rings. The van der Waals surface area contributed by atoms with E-state index in [4.69, 9.17) is 5.73 Å². The zero-order valence-electron chi connectivity index (χ0n) is 8.41. The van der Waals surface area contributed by atoms with Crippen LogP contribution in [0.1, 0.15) is 12.0 Å². The second-order valence-electron chi connectivity index (χ2n) is 4.17. The first-order valence-corrected chi connectivity index (χ1v) is 6.32. The van der Waals surface area contributed by atoms with Gasteiger partial charge in [-0.25, -0.2) is 0 Å². The maximum Gasteiger partial charge on any atom is 0.000477 e. The van der Waals surface area contributed by atoms with Gasteiger partial charge < -0.3 is 5.73 Å². The third-order valence-corrected chi connectivity index (χ3v) is 4.35. The van der Waals surface area contributed by atoms with Crippen molar-refractivity contribution < 1.29 is 0 Å². The predicted octanol–water partition coefficient (Wildman–Crippen LogP) is 2.31. The topological polar surface area (TPSA) is 26.0 Å². The molecule has 1 aromatic carbocycles. The Morgan fingerprint density at radius 2 is 2.07 bits per heavy atom. The molecule has 0 aliphatic carbocycles. The molecule has 76 valence electrons. The van der Waals surface area contributed by atoms with E-state index >= 15 is 0 Å². The molecule has 0 radical (unpaired) electrons. The van der Waals surface area contributed by atoms with Gasteiger partial charge in [0.2, 0.25) is 0 Å². The van der Waals surface area contributed by atoms with Gasteiger partial charge in [0, 0.05) is 5.75 Å². The van der Waals surface area contributed by atoms with Crippen molar-refractivity contribution >= 4 is 11.8 Å². The lowest BCUT2D eigenvalue weighted by Crippen LogP contribution is -2.32. The third kappa shape index (κ3) is 2.12. The van der Waals surface area contributed by atoms with Gasteiger partial charge in [0.05, 0.1) is 0 Å². The zero-order chi connectivity index (χ0) is 9.86. The molecule has 1 unspecified atom stereocenters. The Hall–Kier alpha value is -0.470. The molecule has 14 heavy (non-hydrogen) atoms. The van der Waals surface area contributed by atoms with Gasteiger partial charge in [0.25, 0.3) is 0 Å². The van der Waals surface area contributed by atoms with Gasteiger partial charge in [-0.3, -0.25) is 0 Å². The summed E-state index contributed by atoms with van der Waals surface area (Å²) < 4.78 is 0. The van der Waals surface area contributed by atoms with Crippen LogP contribution in [-0.4, -0.2) is 18.1 Å². The molecule has 0 amide bonds. The van der Waals surface area contributed by atoms with E-state index in [-0.39, 0.29) is 0 Å². The second-order valence-corrected chi connectivity index (χ2v) is 5.27. The second kappa shape index (κ2) is 4.37. The minimum absolute atomic E-state index is 0.381. The van der Waals surface area contributed by atoms with Crippen LogP contribution < -0.4 is 5.73 Å². The molecule has 0 bridgehead atoms. The lowest BCUT2D eigenvalue weighted by molar-refractivity contribution is 0.346. The van der Waals surface area contributed by atoms with Crippen LogP contribution in [0.15, 0.2) is 30.3 Å². The van der Waals surface area contributed by atoms with Crippen molar-refractivity contribution in [3.8, 4) is 0 Å². The Morgan fingerprint density at radius 3 is 2.64 bits per heavy atom. The van der Waals surface area contributed by atoms with Crippen LogP contribution in [-0.2, 0) is 6.42 Å². The summed E-state index contributed by atoms with van der Waals surface area (Å²) >= 11 is 2.04. The van der Waals surface area contributed by atoms with Gasteiger partial charge in [0.15, 0.2) is 0 Å². The summed E-state index contributed by atoms with van der Waals surface area (Å²) in [5.74, 6) is 2.52. The van der Waals surface area contributed by atoms with Crippen molar-refractivity contribution in [2.75, 3.05) is 18.1 Å². The summed E-state index contributed by atoms with van der Waals surface area (Å²) in [6.07, 6.45) is 2.43. The van der Waals surface area contributed by atoms with Crippen molar-refractivity contribution in [1.29, 1.82) is 0 Å². The molecule has 1 atom stereocenters. The normalized spacial score (nSPS) is 26.6. The molecule has 1 nitrogen and oxygen atoms in total. The van der Waals surface area contributed by atoms with Gasteiger partial charge >= 0.3 is 0 Å². The summed E-state index contributed by atoms with van der Waals surface area (Å²) in [7, 11) is 0. The van der Waals surface area contributed by atoms with E-state index in [2.05, 4.69) is 30.3 Å². The SMILES string of the molecule is NCC1(Cc2ccccc2)CCSC1. The van der Waals surface area contributed by atoms with Crippen molar-refractivity contribution in [3.63, 3.8) is 0 Å². The Balaban J connectivity index is 2.08. The van der Waals surface area contributed by atoms with Gasteiger partial charge in [-0.1, -0.05) is 30.3 Å². The molecule has 1 aliphatic rings. The van der Waals surface area contributed by atoms with Crippen LogP contribution in [0.4, 0.5) is 0 Å². The molecule has 2 N–H and O–H groups in total. The minimum Gasteiger partial charge on any atom is -0.330 e. The van der Waals surface area contributed by atoms with E-state index < -0.39 is 0 Å². The first kappa shape index (κ1) is 10.1. The Kier molecular flexibility index (Phi) is 3.14. The first-order valence-electron chi connectivity index (χ1n) is 5.16. The van der Waals surface area contributed by atoms with Crippen LogP contribution in [0, 0.1) is 5.41 Å². The number of benzene rings is 1. The minimum atomic E-state index is 0.381. The number of nitrogens with two attached hydrogens (primary N) is 1. The fourth-order valence-corrected chi connectivity index (χ4v) is 3.57. The molecule has 2 heteroatoms. The first-order chi connectivity index (χ1) is 6.85. The van der Waals surface area contributed by atoms with E-state index in [0.717, 1.165) is 13.0 Å². The molecule has 0 spiro atoms. The molecule has 2 rings (SSSR count). The smallest absolute Gasteiger partial charge is 0.000477 e. The quantitative estimate of drug-likeness (QED) is 0.823. The number of rotatable bonds is 3. The van der Waals surface area contributed by atoms with E-state index in [0.29, 0.717) is 5.41 Å². The largest absolute Gasteiger partial charge is 0.330 e. The highest BCUT2D eigenvalue weighted by molar-refractivity contribution is 7.99. The highest BCUT2D eigenvalue weighted by Gasteiger charge is 2.32. The van der Waals surface area contributed by atoms with E-state index in [1.165, 1.54) is 23.5 Å². The van der Waals surface area contributed by atoms with Crippen LogP contribution >= 0.6 is 11.8 Å². The highest BCUT2D eigenvalue weighted by atomic mass is 32.2. The third-order valence-electron chi connectivity index (χ3n) is 3.04. The van der Waals surface area contributed by atoms with Crippen LogP contribution in [0.25, 0.3) is 0 Å². The average Bonchev–Trinajstić information content (AvgIpc) is 2.69. The Bertz CT molecular complexity index is 278. The van der Waals surface area contributed by atoms with Crippen molar-refractivity contribution in [2.24, 2.45) is 11.1 Å². The van der Waals surface area contributed by atoms with Gasteiger partial charge in [-0.2, -0.15) is 11.8 Å². The molecular formula is C12H17NS. The van der Waals surface area contributed by atoms with Crippen molar-refractivity contribution in [1.82, 2.24) is 0 Å². The molecule has 0 aromatic heterocycles. The summed E-state index contributed by atoms with van der Waals surface area (Å²) in [5, 5.41) is 0. The van der Waals surface area contributed by atoms with Crippen molar-refractivity contribution in [3.05, 3.63) is 35.9 Å². The van der Waals surface area contributed by atoms with E-state index in [1.54, 1.807) is 0 Å². The zero-order valence-corrected chi connectivity index (χ0v) is 9.22. The maximum absolute atomic E-state index is 5.90. The van der Waals surface area contributed by atoms with Gasteiger partial charge in [0.1, 0.15) is 0 Å². The van der Waals surface area contributed by atoms with E-state index in [9.17, 15) is 0 Å². The predicted molar refractivity (Wildman–Crippen MR) is 63.6 cm³/mol. The van der Waals surface area contributed by atoms with Crippen LogP contribution in [0.5, 0.6) is 0 Å². The van der Waals surface area contributed by atoms with Crippen LogP contribution in [0.3, 0.4) is 0 Å². The van der Waals surface area contributed by atoms with Crippen molar-refractivity contribution in [2.45, 2.75) is 12.8 Å². The Labute approximate surface area is 90.1 Å². The molecule has 1 aliphatic heterocycles. The highest BCUT2D eigenvalue weighted by Crippen LogP contribution is 2.37. The summed E-state index contributed by atoms with van der Waals surface area (Å²) in [6, 6.07) is 10.7. The monoisotopic (exact) mass is 207 g/mol. The number of hydrogen-bond donors (Lipinski definition) is 1. The molecule has 1 heterocycles. The molecule has 1 aromatic rings. The number of thioether (sulfide) groups is 1. The Morgan fingerprint density at radius 1 is 1.29 bits per heavy atom. The fraction of sp³-hybridized carbons (Fsp3) is 0.500. The average molecular weight is 207 g/mol. The lowest BCUT2D eigenvalue weighted by Gasteiger charge is -2.26. The van der Waals surface area contributed by atoms with Gasteiger partial charge in [-0.15, -0.1) is 0 Å². The van der Waals surface area contributed by atoms with Gasteiger partial charge in [-0.05, 0) is 36.1 Å². The summed E-state index contributed by atoms with van der Waals surface area (Å²) in [6.45, 7) is 0.828. The summed E-state index contributed by atoms with van der Waals surface area (Å²) in [5.41, 5.74) is 7.72. The number of hydrogen-bond acceptors (Lipinski definition) is 2. The maximum atomic E-state index is 5.90. The summed E-state index contributed by atoms with van der Waals surface area (Å²) in [4.78, 5) is 0. The standard InChI is InChI=1S/C12H17NS/c13-9-12(6-7-14-10-12)8-11-4-2-1-3-5-11/h1-5H,6-10,13H2. The molecule has 1 saturated heterocycles. The molecule has 0 saturated carbocycles. The van der Waals surface area contributed by atoms with Crippen LogP contribution in [0.2, 0.25) is 0 Å². The fourth-order valence-electron chi connectivity index (χ4n) is 2.05. The molecular weight excluding hydrogens is 190 g/mol. The van der Waals surface area contributed by atoms with E-state index in [1.807, 2.05) is 11.8 Å².